The van der Waals surface area contributed by atoms with Crippen molar-refractivity contribution in [3.63, 3.8) is 0 Å². The van der Waals surface area contributed by atoms with Crippen molar-refractivity contribution in [2.75, 3.05) is 18.2 Å². The van der Waals surface area contributed by atoms with Gasteiger partial charge < -0.3 is 10.1 Å². The van der Waals surface area contributed by atoms with Crippen LogP contribution in [0.4, 0.5) is 5.00 Å². The number of hydrogen-bond donors (Lipinski definition) is 1. The molecule has 32 heavy (non-hydrogen) atoms. The monoisotopic (exact) mass is 471 g/mol. The number of carbonyl (C=O) groups is 2. The molecule has 3 rings (SSSR count). The van der Waals surface area contributed by atoms with Gasteiger partial charge in [0.2, 0.25) is 5.91 Å². The van der Waals surface area contributed by atoms with Crippen molar-refractivity contribution < 1.29 is 14.3 Å². The molecule has 0 radical (unpaired) electrons. The molecule has 1 aliphatic carbocycles. The average molecular weight is 472 g/mol. The van der Waals surface area contributed by atoms with Crippen LogP contribution in [-0.4, -0.2) is 29.7 Å². The van der Waals surface area contributed by atoms with Gasteiger partial charge in [-0.15, -0.1) is 23.1 Å². The number of nitriles is 1. The number of ether oxygens (including phenoxy) is 1. The molecule has 0 unspecified atom stereocenters. The summed E-state index contributed by atoms with van der Waals surface area (Å²) in [5.41, 5.74) is 3.01. The fraction of sp³-hybridized carbons (Fsp3) is 0.500. The summed E-state index contributed by atoms with van der Waals surface area (Å²) in [5, 5.41) is 13.5. The molecule has 2 aromatic rings. The molecule has 0 spiro atoms. The second-order valence-electron chi connectivity index (χ2n) is 8.12. The number of thioether (sulfide) groups is 1. The number of nitrogens with zero attached hydrogens (tertiary/aromatic N) is 2. The molecule has 0 aromatic carbocycles. The summed E-state index contributed by atoms with van der Waals surface area (Å²) in [5.74, 6) is 0.213. The second kappa shape index (κ2) is 11.5. The normalized spacial score (nSPS) is 13.6. The lowest BCUT2D eigenvalue weighted by Gasteiger charge is -2.11. The molecule has 170 valence electrons. The summed E-state index contributed by atoms with van der Waals surface area (Å²) in [4.78, 5) is 30.9. The van der Waals surface area contributed by atoms with E-state index in [0.29, 0.717) is 26.9 Å². The number of fused-ring (bicyclic) bond motifs is 1. The highest BCUT2D eigenvalue weighted by molar-refractivity contribution is 7.99. The molecule has 0 aliphatic heterocycles. The number of aryl methyl sites for hydroxylation is 1. The van der Waals surface area contributed by atoms with Gasteiger partial charge in [0.15, 0.2) is 0 Å². The molecular weight excluding hydrogens is 442 g/mol. The smallest absolute Gasteiger partial charge is 0.341 e. The maximum atomic E-state index is 12.7. The molecule has 0 atom stereocenters. The Kier molecular flexibility index (Phi) is 8.71. The van der Waals surface area contributed by atoms with Gasteiger partial charge in [-0.1, -0.05) is 26.7 Å². The number of methoxy groups -OCH3 is 1. The maximum absolute atomic E-state index is 12.7. The minimum Gasteiger partial charge on any atom is -0.465 e. The first-order chi connectivity index (χ1) is 15.4. The molecule has 6 nitrogen and oxygen atoms in total. The quantitative estimate of drug-likeness (QED) is 0.411. The predicted octanol–water partition coefficient (Wildman–Crippen LogP) is 5.70. The summed E-state index contributed by atoms with van der Waals surface area (Å²) in [7, 11) is 1.38. The molecule has 1 amide bonds. The number of aromatic nitrogens is 1. The van der Waals surface area contributed by atoms with Gasteiger partial charge >= 0.3 is 5.97 Å². The molecule has 0 bridgehead atoms. The fourth-order valence-corrected chi connectivity index (χ4v) is 5.94. The molecule has 2 heterocycles. The van der Waals surface area contributed by atoms with E-state index in [-0.39, 0.29) is 24.2 Å². The zero-order chi connectivity index (χ0) is 23.1. The summed E-state index contributed by atoms with van der Waals surface area (Å²) in [6.45, 7) is 4.11. The van der Waals surface area contributed by atoms with E-state index in [1.807, 2.05) is 6.07 Å². The maximum Gasteiger partial charge on any atom is 0.341 e. The minimum atomic E-state index is -0.388. The molecular formula is C24H29N3O3S2. The molecule has 0 saturated carbocycles. The lowest BCUT2D eigenvalue weighted by Crippen LogP contribution is -2.15. The van der Waals surface area contributed by atoms with Gasteiger partial charge in [-0.3, -0.25) is 4.79 Å². The van der Waals surface area contributed by atoms with Crippen LogP contribution < -0.4 is 5.32 Å². The predicted molar refractivity (Wildman–Crippen MR) is 129 cm³/mol. The van der Waals surface area contributed by atoms with Gasteiger partial charge in [-0.05, 0) is 49.3 Å². The fourth-order valence-electron chi connectivity index (χ4n) is 3.73. The van der Waals surface area contributed by atoms with Crippen molar-refractivity contribution >= 4 is 40.0 Å². The topological polar surface area (TPSA) is 92.1 Å². The number of esters is 1. The van der Waals surface area contributed by atoms with Crippen molar-refractivity contribution in [3.05, 3.63) is 39.4 Å². The number of thiophene rings is 1. The second-order valence-corrected chi connectivity index (χ2v) is 10.3. The van der Waals surface area contributed by atoms with Crippen LogP contribution >= 0.6 is 23.1 Å². The summed E-state index contributed by atoms with van der Waals surface area (Å²) >= 11 is 2.91. The average Bonchev–Trinajstić information content (AvgIpc) is 3.08. The number of hydrogen-bond acceptors (Lipinski definition) is 7. The number of carbonyl (C=O) groups excluding carboxylic acids is 2. The Labute approximate surface area is 197 Å². The molecule has 0 fully saturated rings. The Morgan fingerprint density at radius 1 is 1.25 bits per heavy atom. The van der Waals surface area contributed by atoms with E-state index < -0.39 is 0 Å². The molecule has 0 saturated heterocycles. The van der Waals surface area contributed by atoms with E-state index in [0.717, 1.165) is 43.4 Å². The SMILES string of the molecule is COC(=O)c1c(NC(=O)CCSc2nc(C(C)C)ccc2C#N)sc2c1CCCCCC2. The van der Waals surface area contributed by atoms with Crippen LogP contribution in [0, 0.1) is 11.3 Å². The van der Waals surface area contributed by atoms with E-state index in [1.165, 1.54) is 41.5 Å². The third-order valence-corrected chi connectivity index (χ3v) is 7.68. The van der Waals surface area contributed by atoms with Crippen LogP contribution in [0.1, 0.15) is 83.9 Å². The van der Waals surface area contributed by atoms with Crippen molar-refractivity contribution in [2.45, 2.75) is 69.7 Å². The van der Waals surface area contributed by atoms with Crippen molar-refractivity contribution in [3.8, 4) is 6.07 Å². The van der Waals surface area contributed by atoms with Crippen LogP contribution in [-0.2, 0) is 22.4 Å². The van der Waals surface area contributed by atoms with Crippen LogP contribution in [0.15, 0.2) is 17.2 Å². The highest BCUT2D eigenvalue weighted by Gasteiger charge is 2.25. The van der Waals surface area contributed by atoms with E-state index in [9.17, 15) is 14.9 Å². The Morgan fingerprint density at radius 3 is 2.69 bits per heavy atom. The standard InChI is InChI=1S/C24H29N3O3S2/c1-15(2)18-11-10-16(14-25)22(26-18)31-13-12-20(28)27-23-21(24(29)30-3)17-8-6-4-5-7-9-19(17)32-23/h10-11,15H,4-9,12-13H2,1-3H3,(H,27,28). The Morgan fingerprint density at radius 2 is 2.00 bits per heavy atom. The molecule has 8 heteroatoms. The van der Waals surface area contributed by atoms with Gasteiger partial charge in [0, 0.05) is 22.7 Å². The van der Waals surface area contributed by atoms with Gasteiger partial charge in [-0.25, -0.2) is 9.78 Å². The number of nitrogens with one attached hydrogen (secondary N) is 1. The first-order valence-electron chi connectivity index (χ1n) is 11.0. The van der Waals surface area contributed by atoms with Gasteiger partial charge in [0.1, 0.15) is 16.1 Å². The lowest BCUT2D eigenvalue weighted by molar-refractivity contribution is -0.115. The summed E-state index contributed by atoms with van der Waals surface area (Å²) < 4.78 is 5.02. The van der Waals surface area contributed by atoms with Crippen LogP contribution in [0.2, 0.25) is 0 Å². The number of pyridine rings is 1. The van der Waals surface area contributed by atoms with E-state index >= 15 is 0 Å². The van der Waals surface area contributed by atoms with E-state index in [4.69, 9.17) is 4.74 Å². The number of amides is 1. The Hall–Kier alpha value is -2.37. The third kappa shape index (κ3) is 5.90. The lowest BCUT2D eigenvalue weighted by atomic mass is 9.96. The molecule has 1 N–H and O–H groups in total. The largest absolute Gasteiger partial charge is 0.465 e. The highest BCUT2D eigenvalue weighted by atomic mass is 32.2. The van der Waals surface area contributed by atoms with Crippen LogP contribution in [0.5, 0.6) is 0 Å². The highest BCUT2D eigenvalue weighted by Crippen LogP contribution is 2.37. The summed E-state index contributed by atoms with van der Waals surface area (Å²) in [6.07, 6.45) is 6.53. The molecule has 1 aliphatic rings. The Balaban J connectivity index is 1.69. The minimum absolute atomic E-state index is 0.157. The third-order valence-electron chi connectivity index (χ3n) is 5.48. The van der Waals surface area contributed by atoms with Crippen molar-refractivity contribution in [1.29, 1.82) is 5.26 Å². The van der Waals surface area contributed by atoms with E-state index in [2.05, 4.69) is 30.2 Å². The molecule has 2 aromatic heterocycles. The van der Waals surface area contributed by atoms with Gasteiger partial charge in [0.05, 0.1) is 18.2 Å². The van der Waals surface area contributed by atoms with Crippen LogP contribution in [0.25, 0.3) is 0 Å². The Bertz CT molecular complexity index is 1020. The van der Waals surface area contributed by atoms with Crippen molar-refractivity contribution in [2.24, 2.45) is 0 Å². The van der Waals surface area contributed by atoms with Gasteiger partial charge in [-0.2, -0.15) is 5.26 Å². The zero-order valence-corrected chi connectivity index (χ0v) is 20.5. The zero-order valence-electron chi connectivity index (χ0n) is 18.8. The van der Waals surface area contributed by atoms with Crippen molar-refractivity contribution in [1.82, 2.24) is 4.98 Å². The van der Waals surface area contributed by atoms with E-state index in [1.54, 1.807) is 6.07 Å². The summed E-state index contributed by atoms with van der Waals surface area (Å²) in [6, 6.07) is 5.83. The first kappa shape index (κ1) is 24.3. The number of rotatable bonds is 7. The first-order valence-corrected chi connectivity index (χ1v) is 12.8. The van der Waals surface area contributed by atoms with Gasteiger partial charge in [0.25, 0.3) is 0 Å². The van der Waals surface area contributed by atoms with Crippen LogP contribution in [0.3, 0.4) is 0 Å². The number of anilines is 1.